The molecule has 3 N–H and O–H groups in total. The Kier molecular flexibility index (Phi) is 14.1. The summed E-state index contributed by atoms with van der Waals surface area (Å²) in [4.78, 5) is 4.63. The Balaban J connectivity index is 0.00000676. The predicted molar refractivity (Wildman–Crippen MR) is 123 cm³/mol. The van der Waals surface area contributed by atoms with E-state index in [0.29, 0.717) is 31.2 Å². The lowest BCUT2D eigenvalue weighted by atomic mass is 10.0. The number of aromatic hydroxyl groups is 1. The Morgan fingerprint density at radius 1 is 1.22 bits per heavy atom. The molecule has 0 aliphatic carbocycles. The van der Waals surface area contributed by atoms with Crippen molar-refractivity contribution < 1.29 is 14.6 Å². The van der Waals surface area contributed by atoms with Gasteiger partial charge in [-0.2, -0.15) is 0 Å². The van der Waals surface area contributed by atoms with Gasteiger partial charge in [0.15, 0.2) is 5.96 Å². The lowest BCUT2D eigenvalue weighted by molar-refractivity contribution is 0.0266. The normalized spacial score (nSPS) is 12.4. The number of hydrogen-bond acceptors (Lipinski definition) is 4. The van der Waals surface area contributed by atoms with E-state index in [1.54, 1.807) is 13.2 Å². The average molecular weight is 493 g/mol. The van der Waals surface area contributed by atoms with Gasteiger partial charge in [-0.3, -0.25) is 4.99 Å². The van der Waals surface area contributed by atoms with Gasteiger partial charge in [-0.15, -0.1) is 24.0 Å². The number of hydrogen-bond donors (Lipinski definition) is 3. The van der Waals surface area contributed by atoms with Crippen molar-refractivity contribution in [3.63, 3.8) is 0 Å². The molecule has 1 unspecified atom stereocenters. The molecule has 156 valence electrons. The molecule has 1 atom stereocenters. The summed E-state index contributed by atoms with van der Waals surface area (Å²) in [7, 11) is 1.59. The third-order valence-corrected chi connectivity index (χ3v) is 4.13. The van der Waals surface area contributed by atoms with Gasteiger partial charge in [-0.25, -0.2) is 0 Å². The molecule has 27 heavy (non-hydrogen) atoms. The molecule has 0 bridgehead atoms. The molecule has 0 saturated heterocycles. The van der Waals surface area contributed by atoms with Crippen molar-refractivity contribution in [2.45, 2.75) is 46.6 Å². The van der Waals surface area contributed by atoms with E-state index in [4.69, 9.17) is 9.47 Å². The largest absolute Gasteiger partial charge is 0.508 e. The molecule has 0 spiro atoms. The Morgan fingerprint density at radius 3 is 2.52 bits per heavy atom. The van der Waals surface area contributed by atoms with Crippen LogP contribution in [0.25, 0.3) is 0 Å². The third kappa shape index (κ3) is 10.0. The van der Waals surface area contributed by atoms with E-state index in [-0.39, 0.29) is 35.8 Å². The first-order valence-corrected chi connectivity index (χ1v) is 9.51. The summed E-state index contributed by atoms with van der Waals surface area (Å²) in [5, 5.41) is 16.6. The molecule has 0 fully saturated rings. The lowest BCUT2D eigenvalue weighted by Crippen LogP contribution is -2.38. The van der Waals surface area contributed by atoms with Gasteiger partial charge in [0.2, 0.25) is 0 Å². The fourth-order valence-electron chi connectivity index (χ4n) is 2.67. The van der Waals surface area contributed by atoms with Crippen molar-refractivity contribution in [2.75, 3.05) is 33.4 Å². The third-order valence-electron chi connectivity index (χ3n) is 4.13. The monoisotopic (exact) mass is 493 g/mol. The fourth-order valence-corrected chi connectivity index (χ4v) is 2.67. The molecule has 1 aromatic rings. The van der Waals surface area contributed by atoms with E-state index in [0.717, 1.165) is 31.1 Å². The molecular formula is C20H36IN3O3. The quantitative estimate of drug-likeness (QED) is 0.250. The summed E-state index contributed by atoms with van der Waals surface area (Å²) in [6, 6.07) is 5.37. The number of aliphatic imine (C=N–C) groups is 1. The van der Waals surface area contributed by atoms with Crippen molar-refractivity contribution in [2.24, 2.45) is 10.9 Å². The average Bonchev–Trinajstić information content (AvgIpc) is 2.62. The fraction of sp³-hybridized carbons (Fsp3) is 0.650. The number of methoxy groups -OCH3 is 1. The van der Waals surface area contributed by atoms with Gasteiger partial charge in [-0.1, -0.05) is 19.9 Å². The molecular weight excluding hydrogens is 457 g/mol. The Morgan fingerprint density at radius 2 is 1.96 bits per heavy atom. The maximum atomic E-state index is 10.0. The molecule has 0 aliphatic rings. The minimum atomic E-state index is 0. The van der Waals surface area contributed by atoms with Crippen LogP contribution >= 0.6 is 24.0 Å². The van der Waals surface area contributed by atoms with Crippen LogP contribution in [0.2, 0.25) is 0 Å². The number of guanidine groups is 1. The second-order valence-electron chi connectivity index (χ2n) is 6.46. The molecule has 1 rings (SSSR count). The maximum Gasteiger partial charge on any atom is 0.191 e. The highest BCUT2D eigenvalue weighted by Crippen LogP contribution is 2.23. The minimum absolute atomic E-state index is 0. The summed E-state index contributed by atoms with van der Waals surface area (Å²) < 4.78 is 10.9. The van der Waals surface area contributed by atoms with Crippen LogP contribution in [-0.4, -0.2) is 50.5 Å². The minimum Gasteiger partial charge on any atom is -0.508 e. The van der Waals surface area contributed by atoms with E-state index < -0.39 is 0 Å². The number of benzene rings is 1. The predicted octanol–water partition coefficient (Wildman–Crippen LogP) is 3.57. The smallest absolute Gasteiger partial charge is 0.191 e. The molecule has 0 aliphatic heterocycles. The molecule has 0 heterocycles. The second-order valence-corrected chi connectivity index (χ2v) is 6.46. The zero-order valence-corrected chi connectivity index (χ0v) is 19.6. The standard InChI is InChI=1S/C20H35N3O3.HI/c1-6-21-20(23-13-11-19(15(3)4)26-7-2)22-12-10-16-8-9-17(25-5)14-18(16)24;/h8-9,14-15,19,24H,6-7,10-13H2,1-5H3,(H2,21,22,23);1H. The van der Waals surface area contributed by atoms with E-state index in [9.17, 15) is 5.11 Å². The van der Waals surface area contributed by atoms with Crippen LogP contribution in [0.3, 0.4) is 0 Å². The topological polar surface area (TPSA) is 75.1 Å². The molecule has 1 aromatic carbocycles. The number of phenolic OH excluding ortho intramolecular Hbond substituents is 1. The summed E-state index contributed by atoms with van der Waals surface area (Å²) in [5.74, 6) is 2.19. The number of nitrogens with zero attached hydrogens (tertiary/aromatic N) is 1. The summed E-state index contributed by atoms with van der Waals surface area (Å²) in [5.41, 5.74) is 0.880. The molecule has 0 aromatic heterocycles. The zero-order chi connectivity index (χ0) is 19.4. The van der Waals surface area contributed by atoms with Crippen molar-refractivity contribution in [1.82, 2.24) is 10.6 Å². The molecule has 6 nitrogen and oxygen atoms in total. The number of nitrogens with one attached hydrogen (secondary N) is 2. The molecule has 0 radical (unpaired) electrons. The summed E-state index contributed by atoms with van der Waals surface area (Å²) in [6.45, 7) is 11.4. The van der Waals surface area contributed by atoms with Crippen LogP contribution in [0.15, 0.2) is 23.2 Å². The molecule has 0 saturated carbocycles. The second kappa shape index (κ2) is 14.8. The van der Waals surface area contributed by atoms with Crippen LogP contribution in [0.5, 0.6) is 11.5 Å². The SMILES string of the molecule is CCNC(=NCCC(OCC)C(C)C)NCCc1ccc(OC)cc1O.I. The van der Waals surface area contributed by atoms with E-state index in [1.165, 1.54) is 0 Å². The molecule has 7 heteroatoms. The van der Waals surface area contributed by atoms with Gasteiger partial charge in [0, 0.05) is 32.3 Å². The number of rotatable bonds is 11. The van der Waals surface area contributed by atoms with Gasteiger partial charge < -0.3 is 25.2 Å². The van der Waals surface area contributed by atoms with Crippen molar-refractivity contribution in [1.29, 1.82) is 0 Å². The van der Waals surface area contributed by atoms with Crippen LogP contribution in [-0.2, 0) is 11.2 Å². The Bertz CT molecular complexity index is 553. The van der Waals surface area contributed by atoms with Crippen LogP contribution in [0.4, 0.5) is 0 Å². The lowest BCUT2D eigenvalue weighted by Gasteiger charge is -2.20. The van der Waals surface area contributed by atoms with Crippen LogP contribution in [0, 0.1) is 5.92 Å². The van der Waals surface area contributed by atoms with Crippen LogP contribution in [0.1, 0.15) is 39.7 Å². The van der Waals surface area contributed by atoms with Crippen molar-refractivity contribution >= 4 is 29.9 Å². The van der Waals surface area contributed by atoms with Crippen LogP contribution < -0.4 is 15.4 Å². The number of phenols is 1. The van der Waals surface area contributed by atoms with E-state index in [2.05, 4.69) is 29.5 Å². The highest BCUT2D eigenvalue weighted by molar-refractivity contribution is 14.0. The van der Waals surface area contributed by atoms with Crippen molar-refractivity contribution in [3.8, 4) is 11.5 Å². The van der Waals surface area contributed by atoms with Gasteiger partial charge >= 0.3 is 0 Å². The first-order valence-electron chi connectivity index (χ1n) is 9.51. The highest BCUT2D eigenvalue weighted by Gasteiger charge is 2.12. The van der Waals surface area contributed by atoms with Gasteiger partial charge in [0.25, 0.3) is 0 Å². The number of halogens is 1. The first kappa shape index (κ1) is 25.8. The van der Waals surface area contributed by atoms with Crippen molar-refractivity contribution in [3.05, 3.63) is 23.8 Å². The van der Waals surface area contributed by atoms with Gasteiger partial charge in [0.05, 0.1) is 13.2 Å². The maximum absolute atomic E-state index is 10.0. The van der Waals surface area contributed by atoms with E-state index >= 15 is 0 Å². The Labute approximate surface area is 181 Å². The Hall–Kier alpha value is -1.22. The van der Waals surface area contributed by atoms with Gasteiger partial charge in [-0.05, 0) is 44.2 Å². The number of ether oxygens (including phenoxy) is 2. The van der Waals surface area contributed by atoms with Gasteiger partial charge in [0.1, 0.15) is 11.5 Å². The molecule has 0 amide bonds. The first-order chi connectivity index (χ1) is 12.5. The summed E-state index contributed by atoms with van der Waals surface area (Å²) in [6.07, 6.45) is 1.85. The zero-order valence-electron chi connectivity index (χ0n) is 17.2. The van der Waals surface area contributed by atoms with E-state index in [1.807, 2.05) is 26.0 Å². The summed E-state index contributed by atoms with van der Waals surface area (Å²) >= 11 is 0. The highest BCUT2D eigenvalue weighted by atomic mass is 127.